The summed E-state index contributed by atoms with van der Waals surface area (Å²) in [6.45, 7) is 5.84. The maximum atomic E-state index is 12.9. The molecule has 0 atom stereocenters. The molecule has 0 aliphatic heterocycles. The minimum Gasteiger partial charge on any atom is -0.462 e. The van der Waals surface area contributed by atoms with Crippen molar-refractivity contribution in [3.05, 3.63) is 192 Å². The standard InChI is InChI=1S/C46H43N5O2/c1-3-5-33-50(43-28-18-17-27-42(43)45(52)53-4-2)34-35-29-31-36(32-30-35)40-25-15-16-26-41(40)44-47-48-49-51(44)46(37-19-9-6-10-20-37,38-21-11-7-12-22-38)39-23-13-8-14-24-39/h6-32H,3-5,33-34H2,1-2H3. The van der Waals surface area contributed by atoms with E-state index >= 15 is 0 Å². The van der Waals surface area contributed by atoms with Crippen molar-refractivity contribution in [2.45, 2.75) is 38.8 Å². The van der Waals surface area contributed by atoms with Crippen LogP contribution in [0.15, 0.2) is 164 Å². The van der Waals surface area contributed by atoms with Gasteiger partial charge in [0.25, 0.3) is 0 Å². The number of para-hydroxylation sites is 1. The third-order valence-electron chi connectivity index (χ3n) is 9.69. The fraction of sp³-hybridized carbons (Fsp3) is 0.174. The normalized spacial score (nSPS) is 11.3. The zero-order chi connectivity index (χ0) is 36.5. The third kappa shape index (κ3) is 7.11. The molecule has 0 unspecified atom stereocenters. The second-order valence-electron chi connectivity index (χ2n) is 13.0. The molecule has 53 heavy (non-hydrogen) atoms. The van der Waals surface area contributed by atoms with Crippen LogP contribution in [0.5, 0.6) is 0 Å². The van der Waals surface area contributed by atoms with Gasteiger partial charge in [-0.2, -0.15) is 0 Å². The van der Waals surface area contributed by atoms with E-state index in [0.717, 1.165) is 64.0 Å². The fourth-order valence-corrected chi connectivity index (χ4v) is 7.19. The van der Waals surface area contributed by atoms with Gasteiger partial charge in [0.1, 0.15) is 5.54 Å². The van der Waals surface area contributed by atoms with Crippen LogP contribution in [0.2, 0.25) is 0 Å². The van der Waals surface area contributed by atoms with Crippen molar-refractivity contribution < 1.29 is 9.53 Å². The summed E-state index contributed by atoms with van der Waals surface area (Å²) in [4.78, 5) is 15.2. The summed E-state index contributed by atoms with van der Waals surface area (Å²) in [5.74, 6) is 0.359. The highest BCUT2D eigenvalue weighted by Crippen LogP contribution is 2.43. The lowest BCUT2D eigenvalue weighted by Gasteiger charge is -2.36. The maximum Gasteiger partial charge on any atom is 0.340 e. The number of hydrogen-bond acceptors (Lipinski definition) is 6. The number of hydrogen-bond donors (Lipinski definition) is 0. The molecule has 0 aliphatic rings. The van der Waals surface area contributed by atoms with Gasteiger partial charge in [0.15, 0.2) is 5.82 Å². The molecule has 7 nitrogen and oxygen atoms in total. The number of rotatable bonds is 14. The maximum absolute atomic E-state index is 12.9. The van der Waals surface area contributed by atoms with Crippen LogP contribution in [-0.2, 0) is 16.8 Å². The quantitative estimate of drug-likeness (QED) is 0.0832. The number of carbonyl (C=O) groups is 1. The van der Waals surface area contributed by atoms with Gasteiger partial charge in [-0.3, -0.25) is 0 Å². The third-order valence-corrected chi connectivity index (χ3v) is 9.69. The molecule has 264 valence electrons. The van der Waals surface area contributed by atoms with Crippen LogP contribution in [0.4, 0.5) is 5.69 Å². The highest BCUT2D eigenvalue weighted by Gasteiger charge is 2.42. The zero-order valence-electron chi connectivity index (χ0n) is 30.2. The van der Waals surface area contributed by atoms with E-state index < -0.39 is 5.54 Å². The Morgan fingerprint density at radius 2 is 1.21 bits per heavy atom. The highest BCUT2D eigenvalue weighted by molar-refractivity contribution is 5.96. The van der Waals surface area contributed by atoms with Gasteiger partial charge in [0.05, 0.1) is 17.9 Å². The lowest BCUT2D eigenvalue weighted by Crippen LogP contribution is -2.39. The van der Waals surface area contributed by atoms with Gasteiger partial charge in [0.2, 0.25) is 0 Å². The number of unbranched alkanes of at least 4 members (excludes halogenated alkanes) is 1. The Labute approximate surface area is 311 Å². The summed E-state index contributed by atoms with van der Waals surface area (Å²) >= 11 is 0. The minimum atomic E-state index is -0.860. The van der Waals surface area contributed by atoms with E-state index in [0.29, 0.717) is 24.5 Å². The Bertz CT molecular complexity index is 2140. The highest BCUT2D eigenvalue weighted by atomic mass is 16.5. The van der Waals surface area contributed by atoms with Crippen LogP contribution >= 0.6 is 0 Å². The van der Waals surface area contributed by atoms with E-state index in [1.165, 1.54) is 0 Å². The first-order valence-corrected chi connectivity index (χ1v) is 18.3. The Hall–Kier alpha value is -6.34. The summed E-state index contributed by atoms with van der Waals surface area (Å²) in [6.07, 6.45) is 2.06. The molecule has 7 heteroatoms. The predicted molar refractivity (Wildman–Crippen MR) is 212 cm³/mol. The van der Waals surface area contributed by atoms with Crippen LogP contribution in [-0.4, -0.2) is 39.3 Å². The molecule has 1 aromatic heterocycles. The number of tetrazole rings is 1. The molecule has 6 aromatic carbocycles. The molecule has 0 spiro atoms. The van der Waals surface area contributed by atoms with Crippen molar-refractivity contribution in [2.24, 2.45) is 0 Å². The first kappa shape index (κ1) is 35.1. The molecule has 0 amide bonds. The van der Waals surface area contributed by atoms with Gasteiger partial charge >= 0.3 is 5.97 Å². The Kier molecular flexibility index (Phi) is 10.8. The first-order valence-electron chi connectivity index (χ1n) is 18.3. The van der Waals surface area contributed by atoms with E-state index in [-0.39, 0.29) is 5.97 Å². The lowest BCUT2D eigenvalue weighted by atomic mass is 9.77. The number of carbonyl (C=O) groups excluding carboxylic acids is 1. The van der Waals surface area contributed by atoms with E-state index in [9.17, 15) is 4.79 Å². The monoisotopic (exact) mass is 697 g/mol. The van der Waals surface area contributed by atoms with Crippen LogP contribution in [0.25, 0.3) is 22.5 Å². The summed E-state index contributed by atoms with van der Waals surface area (Å²) in [6, 6.07) is 56.1. The molecule has 7 rings (SSSR count). The topological polar surface area (TPSA) is 73.1 Å². The number of nitrogens with zero attached hydrogens (tertiary/aromatic N) is 5. The molecule has 0 saturated carbocycles. The van der Waals surface area contributed by atoms with E-state index in [2.05, 4.69) is 132 Å². The number of esters is 1. The summed E-state index contributed by atoms with van der Waals surface area (Å²) < 4.78 is 7.38. The molecule has 0 saturated heterocycles. The van der Waals surface area contributed by atoms with Gasteiger partial charge in [-0.25, -0.2) is 9.48 Å². The Morgan fingerprint density at radius 1 is 0.660 bits per heavy atom. The van der Waals surface area contributed by atoms with Crippen LogP contribution in [0.1, 0.15) is 59.3 Å². The van der Waals surface area contributed by atoms with Crippen molar-refractivity contribution in [3.8, 4) is 22.5 Å². The van der Waals surface area contributed by atoms with Crippen molar-refractivity contribution in [1.29, 1.82) is 0 Å². The van der Waals surface area contributed by atoms with Crippen molar-refractivity contribution >= 4 is 11.7 Å². The van der Waals surface area contributed by atoms with Crippen LogP contribution < -0.4 is 4.90 Å². The van der Waals surface area contributed by atoms with Crippen LogP contribution in [0.3, 0.4) is 0 Å². The molecular formula is C46H43N5O2. The number of ether oxygens (including phenoxy) is 1. The van der Waals surface area contributed by atoms with Gasteiger partial charge in [0, 0.05) is 18.7 Å². The Balaban J connectivity index is 1.30. The molecule has 7 aromatic rings. The largest absolute Gasteiger partial charge is 0.462 e. The molecule has 0 N–H and O–H groups in total. The van der Waals surface area contributed by atoms with Gasteiger partial charge in [-0.1, -0.05) is 165 Å². The molecule has 0 fully saturated rings. The molecule has 0 radical (unpaired) electrons. The summed E-state index contributed by atoms with van der Waals surface area (Å²) in [7, 11) is 0. The van der Waals surface area contributed by atoms with E-state index in [1.807, 2.05) is 60.1 Å². The van der Waals surface area contributed by atoms with Crippen molar-refractivity contribution in [3.63, 3.8) is 0 Å². The average Bonchev–Trinajstić information content (AvgIpc) is 3.71. The number of anilines is 1. The number of aromatic nitrogens is 4. The first-order chi connectivity index (χ1) is 26.1. The summed E-state index contributed by atoms with van der Waals surface area (Å²) in [5, 5.41) is 13.8. The van der Waals surface area contributed by atoms with Gasteiger partial charge < -0.3 is 9.64 Å². The lowest BCUT2D eigenvalue weighted by molar-refractivity contribution is 0.0527. The Morgan fingerprint density at radius 3 is 1.79 bits per heavy atom. The van der Waals surface area contributed by atoms with Crippen LogP contribution in [0, 0.1) is 0 Å². The van der Waals surface area contributed by atoms with Gasteiger partial charge in [-0.05, 0) is 69.3 Å². The summed E-state index contributed by atoms with van der Waals surface area (Å²) in [5.41, 5.74) is 7.89. The fourth-order valence-electron chi connectivity index (χ4n) is 7.19. The number of benzene rings is 6. The second kappa shape index (κ2) is 16.3. The van der Waals surface area contributed by atoms with Gasteiger partial charge in [-0.15, -0.1) is 5.10 Å². The second-order valence-corrected chi connectivity index (χ2v) is 13.0. The molecule has 0 aliphatic carbocycles. The average molecular weight is 698 g/mol. The SMILES string of the molecule is CCCCN(Cc1ccc(-c2ccccc2-c2nnnn2C(c2ccccc2)(c2ccccc2)c2ccccc2)cc1)c1ccccc1C(=O)OCC. The molecular weight excluding hydrogens is 655 g/mol. The molecule has 1 heterocycles. The minimum absolute atomic E-state index is 0.297. The smallest absolute Gasteiger partial charge is 0.340 e. The van der Waals surface area contributed by atoms with Crippen molar-refractivity contribution in [2.75, 3.05) is 18.1 Å². The van der Waals surface area contributed by atoms with Crippen molar-refractivity contribution in [1.82, 2.24) is 20.2 Å². The zero-order valence-corrected chi connectivity index (χ0v) is 30.2. The molecule has 0 bridgehead atoms. The van der Waals surface area contributed by atoms with E-state index in [1.54, 1.807) is 0 Å². The predicted octanol–water partition coefficient (Wildman–Crippen LogP) is 9.83. The van der Waals surface area contributed by atoms with E-state index in [4.69, 9.17) is 15.0 Å².